The van der Waals surface area contributed by atoms with E-state index in [4.69, 9.17) is 5.73 Å². The third-order valence-corrected chi connectivity index (χ3v) is 6.35. The molecule has 13 nitrogen and oxygen atoms in total. The van der Waals surface area contributed by atoms with Gasteiger partial charge < -0.3 is 42.0 Å². The Morgan fingerprint density at radius 2 is 1.55 bits per heavy atom. The summed E-state index contributed by atoms with van der Waals surface area (Å²) in [5.74, 6) is -5.76. The van der Waals surface area contributed by atoms with Gasteiger partial charge in [-0.2, -0.15) is 0 Å². The fourth-order valence-electron chi connectivity index (χ4n) is 3.81. The fourth-order valence-corrected chi connectivity index (χ4v) is 3.81. The Morgan fingerprint density at radius 1 is 0.947 bits per heavy atom. The maximum atomic E-state index is 13.3. The maximum absolute atomic E-state index is 13.3. The first kappa shape index (κ1) is 30.3. The summed E-state index contributed by atoms with van der Waals surface area (Å²) in [4.78, 5) is 64.8. The van der Waals surface area contributed by atoms with Gasteiger partial charge in [-0.3, -0.25) is 19.2 Å². The molecular formula is C25H35N5O8. The Morgan fingerprint density at radius 3 is 2.13 bits per heavy atom. The van der Waals surface area contributed by atoms with Crippen LogP contribution in [0.3, 0.4) is 0 Å². The van der Waals surface area contributed by atoms with Crippen LogP contribution in [-0.2, 0) is 30.4 Å². The van der Waals surface area contributed by atoms with Crippen LogP contribution >= 0.6 is 0 Å². The van der Waals surface area contributed by atoms with E-state index in [9.17, 15) is 39.3 Å². The van der Waals surface area contributed by atoms with E-state index in [1.54, 1.807) is 19.2 Å². The van der Waals surface area contributed by atoms with Gasteiger partial charge in [0.25, 0.3) is 0 Å². The second kappa shape index (κ2) is 13.5. The fraction of sp³-hybridized carbons (Fsp3) is 0.480. The summed E-state index contributed by atoms with van der Waals surface area (Å²) >= 11 is 0. The van der Waals surface area contributed by atoms with Crippen LogP contribution in [0.25, 0.3) is 10.9 Å². The van der Waals surface area contributed by atoms with E-state index >= 15 is 0 Å². The van der Waals surface area contributed by atoms with Crippen LogP contribution in [0.4, 0.5) is 0 Å². The van der Waals surface area contributed by atoms with Crippen LogP contribution in [0.5, 0.6) is 0 Å². The number of aliphatic hydroxyl groups excluding tert-OH is 1. The van der Waals surface area contributed by atoms with Crippen molar-refractivity contribution in [3.63, 3.8) is 0 Å². The number of aliphatic hydroxyl groups is 1. The molecule has 3 amide bonds. The molecule has 208 valence electrons. The summed E-state index contributed by atoms with van der Waals surface area (Å²) in [6, 6.07) is 1.71. The molecule has 13 heteroatoms. The molecule has 2 aromatic rings. The number of aromatic nitrogens is 1. The third-order valence-electron chi connectivity index (χ3n) is 6.35. The number of benzene rings is 1. The largest absolute Gasteiger partial charge is 0.481 e. The van der Waals surface area contributed by atoms with Crippen molar-refractivity contribution in [1.29, 1.82) is 0 Å². The highest BCUT2D eigenvalue weighted by molar-refractivity contribution is 5.96. The average molecular weight is 534 g/mol. The number of carbonyl (C=O) groups is 5. The van der Waals surface area contributed by atoms with Crippen LogP contribution < -0.4 is 21.7 Å². The van der Waals surface area contributed by atoms with Gasteiger partial charge in [0.05, 0.1) is 18.6 Å². The first-order chi connectivity index (χ1) is 17.8. The summed E-state index contributed by atoms with van der Waals surface area (Å²) in [6.07, 6.45) is -0.0878. The monoisotopic (exact) mass is 533 g/mol. The van der Waals surface area contributed by atoms with Gasteiger partial charge >= 0.3 is 11.9 Å². The number of nitrogens with one attached hydrogen (secondary N) is 4. The lowest BCUT2D eigenvalue weighted by molar-refractivity contribution is -0.146. The molecule has 0 aliphatic carbocycles. The van der Waals surface area contributed by atoms with Crippen LogP contribution in [-0.4, -0.2) is 80.2 Å². The van der Waals surface area contributed by atoms with E-state index in [2.05, 4.69) is 15.6 Å². The highest BCUT2D eigenvalue weighted by atomic mass is 16.4. The maximum Gasteiger partial charge on any atom is 0.328 e. The van der Waals surface area contributed by atoms with E-state index in [0.29, 0.717) is 12.0 Å². The molecule has 1 heterocycles. The first-order valence-corrected chi connectivity index (χ1v) is 12.2. The molecule has 0 radical (unpaired) electrons. The van der Waals surface area contributed by atoms with Crippen molar-refractivity contribution in [3.05, 3.63) is 36.0 Å². The number of carboxylic acids is 2. The lowest BCUT2D eigenvalue weighted by Crippen LogP contribution is -2.59. The van der Waals surface area contributed by atoms with Crippen LogP contribution in [0.1, 0.15) is 39.2 Å². The van der Waals surface area contributed by atoms with Gasteiger partial charge in [-0.1, -0.05) is 38.5 Å². The van der Waals surface area contributed by atoms with Gasteiger partial charge in [0, 0.05) is 23.5 Å². The predicted octanol–water partition coefficient (Wildman–Crippen LogP) is -0.522. The number of hydrogen-bond acceptors (Lipinski definition) is 7. The highest BCUT2D eigenvalue weighted by Crippen LogP contribution is 2.19. The number of carbonyl (C=O) groups excluding carboxylic acids is 3. The second-order valence-corrected chi connectivity index (χ2v) is 9.26. The lowest BCUT2D eigenvalue weighted by atomic mass is 9.98. The van der Waals surface area contributed by atoms with E-state index < -0.39 is 66.4 Å². The number of H-pyrrole nitrogens is 1. The zero-order valence-electron chi connectivity index (χ0n) is 21.4. The molecular weight excluding hydrogens is 498 g/mol. The molecule has 0 saturated carbocycles. The van der Waals surface area contributed by atoms with Crippen molar-refractivity contribution in [2.75, 3.05) is 0 Å². The molecule has 6 atom stereocenters. The topological polar surface area (TPSA) is 224 Å². The molecule has 0 fully saturated rings. The Hall–Kier alpha value is -3.97. The van der Waals surface area contributed by atoms with Crippen molar-refractivity contribution in [2.45, 2.75) is 70.3 Å². The molecule has 1 aromatic heterocycles. The number of rotatable bonds is 14. The SMILES string of the molecule is CCC(C)C(N)C(=O)NC(Cc1c[nH]c2ccccc12)C(=O)NC(CC(=O)O)C(=O)NC(C(=O)O)C(C)O. The smallest absolute Gasteiger partial charge is 0.328 e. The molecule has 0 bridgehead atoms. The Balaban J connectivity index is 2.33. The highest BCUT2D eigenvalue weighted by Gasteiger charge is 2.33. The Labute approximate surface area is 219 Å². The first-order valence-electron chi connectivity index (χ1n) is 12.2. The van der Waals surface area contributed by atoms with Gasteiger partial charge in [0.1, 0.15) is 12.1 Å². The summed E-state index contributed by atoms with van der Waals surface area (Å²) in [7, 11) is 0. The molecule has 1 aromatic carbocycles. The number of para-hydroxylation sites is 1. The summed E-state index contributed by atoms with van der Waals surface area (Å²) in [6.45, 7) is 4.78. The number of amides is 3. The molecule has 9 N–H and O–H groups in total. The molecule has 0 aliphatic rings. The van der Waals surface area contributed by atoms with Crippen LogP contribution in [0.15, 0.2) is 30.5 Å². The quantitative estimate of drug-likeness (QED) is 0.156. The van der Waals surface area contributed by atoms with Crippen molar-refractivity contribution in [2.24, 2.45) is 11.7 Å². The molecule has 2 rings (SSSR count). The molecule has 0 aliphatic heterocycles. The average Bonchev–Trinajstić information content (AvgIpc) is 3.27. The molecule has 0 saturated heterocycles. The molecule has 38 heavy (non-hydrogen) atoms. The van der Waals surface area contributed by atoms with Crippen LogP contribution in [0.2, 0.25) is 0 Å². The normalized spacial score (nSPS) is 15.9. The van der Waals surface area contributed by atoms with Gasteiger partial charge in [0.2, 0.25) is 17.7 Å². The van der Waals surface area contributed by atoms with E-state index in [1.165, 1.54) is 0 Å². The minimum atomic E-state index is -1.73. The number of hydrogen-bond donors (Lipinski definition) is 8. The number of aromatic amines is 1. The number of fused-ring (bicyclic) bond motifs is 1. The van der Waals surface area contributed by atoms with Crippen LogP contribution in [0, 0.1) is 5.92 Å². The van der Waals surface area contributed by atoms with E-state index in [1.807, 2.05) is 30.4 Å². The summed E-state index contributed by atoms with van der Waals surface area (Å²) < 4.78 is 0. The zero-order valence-corrected chi connectivity index (χ0v) is 21.4. The predicted molar refractivity (Wildman–Crippen MR) is 137 cm³/mol. The molecule has 0 spiro atoms. The summed E-state index contributed by atoms with van der Waals surface area (Å²) in [5, 5.41) is 35.9. The van der Waals surface area contributed by atoms with Crippen molar-refractivity contribution in [3.8, 4) is 0 Å². The minimum Gasteiger partial charge on any atom is -0.481 e. The Bertz CT molecular complexity index is 1160. The van der Waals surface area contributed by atoms with E-state index in [-0.39, 0.29) is 12.3 Å². The summed E-state index contributed by atoms with van der Waals surface area (Å²) in [5.41, 5.74) is 7.51. The number of nitrogens with two attached hydrogens (primary N) is 1. The third kappa shape index (κ3) is 8.02. The zero-order chi connectivity index (χ0) is 28.6. The van der Waals surface area contributed by atoms with Gasteiger partial charge in [-0.25, -0.2) is 4.79 Å². The minimum absolute atomic E-state index is 0.0123. The van der Waals surface area contributed by atoms with Crippen molar-refractivity contribution in [1.82, 2.24) is 20.9 Å². The second-order valence-electron chi connectivity index (χ2n) is 9.26. The van der Waals surface area contributed by atoms with E-state index in [0.717, 1.165) is 17.8 Å². The standard InChI is InChI=1S/C25H35N5O8/c1-4-12(2)20(26)24(36)29-17(9-14-11-27-16-8-6-5-7-15(14)16)22(34)28-18(10-19(32)33)23(35)30-21(13(3)31)25(37)38/h5-8,11-13,17-18,20-21,27,31H,4,9-10,26H2,1-3H3,(H,28,34)(H,29,36)(H,30,35)(H,32,33)(H,37,38). The lowest BCUT2D eigenvalue weighted by Gasteiger charge is -2.26. The van der Waals surface area contributed by atoms with Crippen molar-refractivity contribution < 1.29 is 39.3 Å². The number of aliphatic carboxylic acids is 2. The van der Waals surface area contributed by atoms with Crippen molar-refractivity contribution >= 4 is 40.6 Å². The molecule has 6 unspecified atom stereocenters. The Kier molecular flexibility index (Phi) is 10.8. The van der Waals surface area contributed by atoms with Gasteiger partial charge in [0.15, 0.2) is 6.04 Å². The van der Waals surface area contributed by atoms with Gasteiger partial charge in [-0.05, 0) is 24.5 Å². The van der Waals surface area contributed by atoms with Gasteiger partial charge in [-0.15, -0.1) is 0 Å². The number of carboxylic acid groups (broad SMARTS) is 2.